The molecule has 0 fully saturated rings. The predicted octanol–water partition coefficient (Wildman–Crippen LogP) is 1.10. The van der Waals surface area contributed by atoms with Crippen molar-refractivity contribution in [3.05, 3.63) is 30.4 Å². The molecule has 92 valence electrons. The third-order valence-corrected chi connectivity index (χ3v) is 2.92. The van der Waals surface area contributed by atoms with Crippen LogP contribution in [-0.4, -0.2) is 38.5 Å². The van der Waals surface area contributed by atoms with Crippen LogP contribution in [-0.2, 0) is 0 Å². The zero-order valence-electron chi connectivity index (χ0n) is 10.2. The van der Waals surface area contributed by atoms with Gasteiger partial charge >= 0.3 is 0 Å². The number of carbonyl (C=O) groups excluding carboxylic acids is 1. The van der Waals surface area contributed by atoms with E-state index in [0.717, 1.165) is 0 Å². The molecular weight excluding hydrogens is 230 g/mol. The fraction of sp³-hybridized carbons (Fsp3) is 0.333. The van der Waals surface area contributed by atoms with Crippen molar-refractivity contribution in [2.24, 2.45) is 0 Å². The quantitative estimate of drug-likeness (QED) is 0.809. The minimum absolute atomic E-state index is 0.130. The Bertz CT molecular complexity index is 612. The van der Waals surface area contributed by atoms with Gasteiger partial charge in [-0.3, -0.25) is 9.78 Å². The summed E-state index contributed by atoms with van der Waals surface area (Å²) in [6, 6.07) is 1.93. The number of hydrogen-bond donors (Lipinski definition) is 0. The molecule has 2 rings (SSSR count). The van der Waals surface area contributed by atoms with Gasteiger partial charge in [-0.15, -0.1) is 0 Å². The molecule has 0 N–H and O–H groups in total. The van der Waals surface area contributed by atoms with E-state index in [0.29, 0.717) is 17.5 Å². The molecule has 18 heavy (non-hydrogen) atoms. The topological polar surface area (TPSA) is 74.3 Å². The van der Waals surface area contributed by atoms with Crippen LogP contribution in [0.15, 0.2) is 24.8 Å². The first kappa shape index (κ1) is 12.0. The molecule has 1 unspecified atom stereocenters. The third kappa shape index (κ3) is 2.02. The van der Waals surface area contributed by atoms with Gasteiger partial charge in [0.05, 0.1) is 36.0 Å². The van der Waals surface area contributed by atoms with E-state index in [1.165, 1.54) is 6.20 Å². The van der Waals surface area contributed by atoms with Gasteiger partial charge in [-0.05, 0) is 6.92 Å². The number of carbonyl (C=O) groups is 1. The van der Waals surface area contributed by atoms with Crippen LogP contribution in [0.25, 0.3) is 5.52 Å². The minimum atomic E-state index is -0.152. The van der Waals surface area contributed by atoms with Gasteiger partial charge in [-0.1, -0.05) is 0 Å². The second kappa shape index (κ2) is 4.84. The number of fused-ring (bicyclic) bond motifs is 1. The van der Waals surface area contributed by atoms with Gasteiger partial charge in [0.2, 0.25) is 0 Å². The van der Waals surface area contributed by atoms with Crippen molar-refractivity contribution < 1.29 is 4.79 Å². The standard InChI is InChI=1S/C12H13N5O/c1-9(3-4-13)16(2)12(18)10-7-15-17-6-5-14-8-11(10)17/h5-9H,3H2,1-2H3. The lowest BCUT2D eigenvalue weighted by Gasteiger charge is -2.22. The third-order valence-electron chi connectivity index (χ3n) is 2.92. The normalized spacial score (nSPS) is 12.1. The second-order valence-corrected chi connectivity index (χ2v) is 4.09. The molecule has 0 saturated carbocycles. The van der Waals surface area contributed by atoms with Gasteiger partial charge in [0.1, 0.15) is 0 Å². The Hall–Kier alpha value is -2.42. The predicted molar refractivity (Wildman–Crippen MR) is 64.8 cm³/mol. The molecule has 0 spiro atoms. The van der Waals surface area contributed by atoms with Crippen LogP contribution in [0.4, 0.5) is 0 Å². The summed E-state index contributed by atoms with van der Waals surface area (Å²) in [6.07, 6.45) is 6.72. The van der Waals surface area contributed by atoms with E-state index in [9.17, 15) is 4.79 Å². The summed E-state index contributed by atoms with van der Waals surface area (Å²) in [5, 5.41) is 12.7. The maximum atomic E-state index is 12.3. The maximum Gasteiger partial charge on any atom is 0.257 e. The van der Waals surface area contributed by atoms with Gasteiger partial charge < -0.3 is 4.90 Å². The molecule has 0 bridgehead atoms. The first-order valence-corrected chi connectivity index (χ1v) is 5.56. The number of rotatable bonds is 3. The molecule has 1 atom stereocenters. The van der Waals surface area contributed by atoms with Crippen molar-refractivity contribution in [2.75, 3.05) is 7.05 Å². The minimum Gasteiger partial charge on any atom is -0.338 e. The Kier molecular flexibility index (Phi) is 3.24. The highest BCUT2D eigenvalue weighted by atomic mass is 16.2. The van der Waals surface area contributed by atoms with Crippen molar-refractivity contribution in [3.63, 3.8) is 0 Å². The highest BCUT2D eigenvalue weighted by Crippen LogP contribution is 2.13. The van der Waals surface area contributed by atoms with E-state index >= 15 is 0 Å². The van der Waals surface area contributed by atoms with E-state index in [1.807, 2.05) is 6.92 Å². The SMILES string of the molecule is CC(CC#N)N(C)C(=O)c1cnn2ccncc12. The smallest absolute Gasteiger partial charge is 0.257 e. The van der Waals surface area contributed by atoms with Gasteiger partial charge in [0, 0.05) is 25.5 Å². The van der Waals surface area contributed by atoms with E-state index in [1.54, 1.807) is 35.1 Å². The van der Waals surface area contributed by atoms with Crippen LogP contribution < -0.4 is 0 Å². The Morgan fingerprint density at radius 3 is 3.11 bits per heavy atom. The Morgan fingerprint density at radius 2 is 2.39 bits per heavy atom. The number of hydrogen-bond acceptors (Lipinski definition) is 4. The summed E-state index contributed by atoms with van der Waals surface area (Å²) in [5.74, 6) is -0.152. The molecule has 0 aromatic carbocycles. The summed E-state index contributed by atoms with van der Waals surface area (Å²) >= 11 is 0. The van der Waals surface area contributed by atoms with Crippen molar-refractivity contribution in [2.45, 2.75) is 19.4 Å². The molecular formula is C12H13N5O. The van der Waals surface area contributed by atoms with E-state index in [2.05, 4.69) is 16.2 Å². The van der Waals surface area contributed by atoms with Crippen LogP contribution in [0.3, 0.4) is 0 Å². The average molecular weight is 243 g/mol. The summed E-state index contributed by atoms with van der Waals surface area (Å²) in [5.41, 5.74) is 1.16. The molecule has 2 aromatic rings. The van der Waals surface area contributed by atoms with E-state index in [-0.39, 0.29) is 11.9 Å². The number of amides is 1. The highest BCUT2D eigenvalue weighted by Gasteiger charge is 2.20. The van der Waals surface area contributed by atoms with Crippen LogP contribution in [0, 0.1) is 11.3 Å². The summed E-state index contributed by atoms with van der Waals surface area (Å²) < 4.78 is 1.60. The molecule has 1 amide bonds. The van der Waals surface area contributed by atoms with Crippen molar-refractivity contribution in [1.82, 2.24) is 19.5 Å². The van der Waals surface area contributed by atoms with Crippen molar-refractivity contribution in [1.29, 1.82) is 5.26 Å². The van der Waals surface area contributed by atoms with Crippen LogP contribution in [0.1, 0.15) is 23.7 Å². The van der Waals surface area contributed by atoms with E-state index in [4.69, 9.17) is 5.26 Å². The largest absolute Gasteiger partial charge is 0.338 e. The van der Waals surface area contributed by atoms with Crippen molar-refractivity contribution >= 4 is 11.4 Å². The molecule has 0 radical (unpaired) electrons. The monoisotopic (exact) mass is 243 g/mol. The van der Waals surface area contributed by atoms with Gasteiger partial charge in [-0.25, -0.2) is 4.52 Å². The molecule has 6 heteroatoms. The Labute approximate surface area is 104 Å². The number of nitrogens with zero attached hydrogens (tertiary/aromatic N) is 5. The number of aromatic nitrogens is 3. The first-order chi connectivity index (χ1) is 8.65. The molecule has 6 nitrogen and oxygen atoms in total. The highest BCUT2D eigenvalue weighted by molar-refractivity contribution is 6.00. The Balaban J connectivity index is 2.32. The maximum absolute atomic E-state index is 12.3. The average Bonchev–Trinajstić information content (AvgIpc) is 2.81. The van der Waals surface area contributed by atoms with Crippen LogP contribution in [0.2, 0.25) is 0 Å². The lowest BCUT2D eigenvalue weighted by molar-refractivity contribution is 0.0748. The summed E-state index contributed by atoms with van der Waals surface area (Å²) in [6.45, 7) is 1.84. The van der Waals surface area contributed by atoms with Crippen molar-refractivity contribution in [3.8, 4) is 6.07 Å². The van der Waals surface area contributed by atoms with Gasteiger partial charge in [0.25, 0.3) is 5.91 Å². The van der Waals surface area contributed by atoms with Gasteiger partial charge in [0.15, 0.2) is 0 Å². The van der Waals surface area contributed by atoms with Crippen LogP contribution >= 0.6 is 0 Å². The molecule has 0 aliphatic heterocycles. The fourth-order valence-electron chi connectivity index (χ4n) is 1.66. The van der Waals surface area contributed by atoms with Crippen LogP contribution in [0.5, 0.6) is 0 Å². The molecule has 0 aliphatic rings. The van der Waals surface area contributed by atoms with Gasteiger partial charge in [-0.2, -0.15) is 10.4 Å². The lowest BCUT2D eigenvalue weighted by Crippen LogP contribution is -2.34. The summed E-state index contributed by atoms with van der Waals surface area (Å²) in [7, 11) is 1.68. The zero-order valence-corrected chi connectivity index (χ0v) is 10.2. The van der Waals surface area contributed by atoms with E-state index < -0.39 is 0 Å². The fourth-order valence-corrected chi connectivity index (χ4v) is 1.66. The summed E-state index contributed by atoms with van der Waals surface area (Å²) in [4.78, 5) is 17.8. The molecule has 2 aromatic heterocycles. The second-order valence-electron chi connectivity index (χ2n) is 4.09. The number of nitriles is 1. The zero-order chi connectivity index (χ0) is 13.1. The molecule has 2 heterocycles. The lowest BCUT2D eigenvalue weighted by atomic mass is 10.2. The Morgan fingerprint density at radius 1 is 1.61 bits per heavy atom. The molecule has 0 saturated heterocycles. The molecule has 0 aliphatic carbocycles. The first-order valence-electron chi connectivity index (χ1n) is 5.56.